The van der Waals surface area contributed by atoms with Crippen molar-refractivity contribution in [1.29, 1.82) is 0 Å². The van der Waals surface area contributed by atoms with E-state index in [2.05, 4.69) is 32.7 Å². The van der Waals surface area contributed by atoms with Crippen molar-refractivity contribution in [2.45, 2.75) is 12.5 Å². The molecule has 0 bridgehead atoms. The average molecular weight is 421 g/mol. The molecule has 1 aromatic heterocycles. The molecule has 1 aliphatic rings. The smallest absolute Gasteiger partial charge is 0.313 e. The highest BCUT2D eigenvalue weighted by atomic mass is 35.5. The van der Waals surface area contributed by atoms with Crippen LogP contribution in [0.15, 0.2) is 73.1 Å². The number of hydrogen-bond donors (Lipinski definition) is 2. The summed E-state index contributed by atoms with van der Waals surface area (Å²) >= 11 is 6.05. The lowest BCUT2D eigenvalue weighted by atomic mass is 10.1. The van der Waals surface area contributed by atoms with Gasteiger partial charge in [0, 0.05) is 31.2 Å². The van der Waals surface area contributed by atoms with Gasteiger partial charge in [0.05, 0.1) is 16.8 Å². The number of aromatic nitrogens is 1. The van der Waals surface area contributed by atoms with Crippen LogP contribution in [0.25, 0.3) is 0 Å². The van der Waals surface area contributed by atoms with Crippen LogP contribution >= 0.6 is 11.6 Å². The van der Waals surface area contributed by atoms with Crippen molar-refractivity contribution in [3.63, 3.8) is 0 Å². The molecule has 6 nitrogen and oxygen atoms in total. The van der Waals surface area contributed by atoms with Crippen LogP contribution in [0.1, 0.15) is 17.2 Å². The van der Waals surface area contributed by atoms with E-state index in [-0.39, 0.29) is 12.6 Å². The van der Waals surface area contributed by atoms with Crippen LogP contribution < -0.4 is 15.5 Å². The van der Waals surface area contributed by atoms with Crippen LogP contribution in [-0.4, -0.2) is 29.9 Å². The topological polar surface area (TPSA) is 74.3 Å². The standard InChI is InChI=1S/C23H21ClN4O2/c24-18-8-2-3-9-19(18)27-23(30)22(29)26-15-21(17-7-5-12-25-14-17)28-13-11-16-6-1-4-10-20(16)28/h1-10,12,14,21H,11,13,15H2,(H,26,29)(H,27,30). The van der Waals surface area contributed by atoms with Crippen LogP contribution in [0.3, 0.4) is 0 Å². The Labute approximate surface area is 179 Å². The first kappa shape index (κ1) is 19.9. The maximum Gasteiger partial charge on any atom is 0.313 e. The molecular weight excluding hydrogens is 400 g/mol. The lowest BCUT2D eigenvalue weighted by Crippen LogP contribution is -2.41. The highest BCUT2D eigenvalue weighted by molar-refractivity contribution is 6.41. The van der Waals surface area contributed by atoms with Gasteiger partial charge in [-0.15, -0.1) is 0 Å². The molecule has 2 N–H and O–H groups in total. The lowest BCUT2D eigenvalue weighted by Gasteiger charge is -2.30. The van der Waals surface area contributed by atoms with Gasteiger partial charge in [-0.2, -0.15) is 0 Å². The Balaban J connectivity index is 1.48. The van der Waals surface area contributed by atoms with Crippen molar-refractivity contribution in [3.8, 4) is 0 Å². The lowest BCUT2D eigenvalue weighted by molar-refractivity contribution is -0.136. The molecule has 7 heteroatoms. The fourth-order valence-corrected chi connectivity index (χ4v) is 3.86. The molecule has 1 unspecified atom stereocenters. The van der Waals surface area contributed by atoms with Crippen molar-refractivity contribution in [2.24, 2.45) is 0 Å². The molecule has 1 aliphatic heterocycles. The zero-order valence-corrected chi connectivity index (χ0v) is 17.0. The Bertz CT molecular complexity index is 1060. The summed E-state index contributed by atoms with van der Waals surface area (Å²) < 4.78 is 0. The molecule has 0 radical (unpaired) electrons. The van der Waals surface area contributed by atoms with Gasteiger partial charge in [0.2, 0.25) is 0 Å². The van der Waals surface area contributed by atoms with E-state index in [0.29, 0.717) is 10.7 Å². The van der Waals surface area contributed by atoms with E-state index in [0.717, 1.165) is 24.2 Å². The second kappa shape index (κ2) is 8.97. The number of carbonyl (C=O) groups is 2. The number of fused-ring (bicyclic) bond motifs is 1. The number of pyridine rings is 1. The molecule has 0 saturated heterocycles. The molecule has 0 spiro atoms. The number of halogens is 1. The van der Waals surface area contributed by atoms with Crippen LogP contribution in [-0.2, 0) is 16.0 Å². The first-order valence-electron chi connectivity index (χ1n) is 9.71. The van der Waals surface area contributed by atoms with Gasteiger partial charge in [-0.3, -0.25) is 14.6 Å². The van der Waals surface area contributed by atoms with Gasteiger partial charge in [0.15, 0.2) is 0 Å². The monoisotopic (exact) mass is 420 g/mol. The predicted molar refractivity (Wildman–Crippen MR) is 118 cm³/mol. The molecule has 0 fully saturated rings. The molecule has 30 heavy (non-hydrogen) atoms. The third kappa shape index (κ3) is 4.28. The number of carbonyl (C=O) groups excluding carboxylic acids is 2. The number of para-hydroxylation sites is 2. The third-order valence-electron chi connectivity index (χ3n) is 5.15. The molecular formula is C23H21ClN4O2. The quantitative estimate of drug-likeness (QED) is 0.618. The summed E-state index contributed by atoms with van der Waals surface area (Å²) in [5.74, 6) is -1.47. The van der Waals surface area contributed by atoms with Crippen LogP contribution in [0.5, 0.6) is 0 Å². The Hall–Kier alpha value is -3.38. The molecule has 0 saturated carbocycles. The van der Waals surface area contributed by atoms with Crippen LogP contribution in [0.4, 0.5) is 11.4 Å². The van der Waals surface area contributed by atoms with Crippen molar-refractivity contribution in [2.75, 3.05) is 23.3 Å². The summed E-state index contributed by atoms with van der Waals surface area (Å²) in [6.45, 7) is 1.11. The third-order valence-corrected chi connectivity index (χ3v) is 5.48. The summed E-state index contributed by atoms with van der Waals surface area (Å²) in [4.78, 5) is 31.3. The number of nitrogens with one attached hydrogen (secondary N) is 2. The Morgan fingerprint density at radius 1 is 1.03 bits per heavy atom. The van der Waals surface area contributed by atoms with Gasteiger partial charge in [-0.1, -0.05) is 48.0 Å². The number of benzene rings is 2. The van der Waals surface area contributed by atoms with E-state index >= 15 is 0 Å². The van der Waals surface area contributed by atoms with Gasteiger partial charge in [-0.05, 0) is 41.8 Å². The zero-order valence-electron chi connectivity index (χ0n) is 16.2. The predicted octanol–water partition coefficient (Wildman–Crippen LogP) is 3.59. The number of anilines is 2. The molecule has 152 valence electrons. The van der Waals surface area contributed by atoms with E-state index in [9.17, 15) is 9.59 Å². The van der Waals surface area contributed by atoms with Gasteiger partial charge < -0.3 is 15.5 Å². The minimum atomic E-state index is -0.755. The van der Waals surface area contributed by atoms with Crippen molar-refractivity contribution in [3.05, 3.63) is 89.2 Å². The number of nitrogens with zero attached hydrogens (tertiary/aromatic N) is 2. The zero-order chi connectivity index (χ0) is 20.9. The molecule has 0 aliphatic carbocycles. The average Bonchev–Trinajstić information content (AvgIpc) is 3.20. The summed E-state index contributed by atoms with van der Waals surface area (Å²) in [5, 5.41) is 5.69. The highest BCUT2D eigenvalue weighted by Gasteiger charge is 2.28. The SMILES string of the molecule is O=C(NCC(c1cccnc1)N1CCc2ccccc21)C(=O)Nc1ccccc1Cl. The minimum Gasteiger partial charge on any atom is -0.362 e. The molecule has 4 rings (SSSR count). The molecule has 2 heterocycles. The van der Waals surface area contributed by atoms with E-state index < -0.39 is 11.8 Å². The fourth-order valence-electron chi connectivity index (χ4n) is 3.68. The minimum absolute atomic E-state index is 0.139. The number of hydrogen-bond acceptors (Lipinski definition) is 4. The van der Waals surface area contributed by atoms with Crippen molar-refractivity contribution < 1.29 is 9.59 Å². The second-order valence-electron chi connectivity index (χ2n) is 7.02. The highest BCUT2D eigenvalue weighted by Crippen LogP contribution is 2.34. The molecule has 2 aromatic carbocycles. The summed E-state index contributed by atoms with van der Waals surface area (Å²) in [6.07, 6.45) is 4.45. The molecule has 2 amide bonds. The molecule has 1 atom stereocenters. The van der Waals surface area contributed by atoms with Crippen LogP contribution in [0.2, 0.25) is 5.02 Å². The summed E-state index contributed by atoms with van der Waals surface area (Å²) in [7, 11) is 0. The number of rotatable bonds is 5. The van der Waals surface area contributed by atoms with E-state index in [1.54, 1.807) is 36.7 Å². The van der Waals surface area contributed by atoms with Gasteiger partial charge in [-0.25, -0.2) is 0 Å². The van der Waals surface area contributed by atoms with Gasteiger partial charge in [0.1, 0.15) is 0 Å². The summed E-state index contributed by atoms with van der Waals surface area (Å²) in [6, 6.07) is 18.7. The Morgan fingerprint density at radius 2 is 1.83 bits per heavy atom. The van der Waals surface area contributed by atoms with Crippen molar-refractivity contribution >= 4 is 34.8 Å². The maximum atomic E-state index is 12.5. The van der Waals surface area contributed by atoms with E-state index in [4.69, 9.17) is 11.6 Å². The normalized spacial score (nSPS) is 13.4. The maximum absolute atomic E-state index is 12.5. The van der Waals surface area contributed by atoms with E-state index in [1.807, 2.05) is 24.3 Å². The summed E-state index contributed by atoms with van der Waals surface area (Å²) in [5.41, 5.74) is 3.79. The first-order chi connectivity index (χ1) is 14.6. The second-order valence-corrected chi connectivity index (χ2v) is 7.43. The number of amides is 2. The van der Waals surface area contributed by atoms with Crippen LogP contribution in [0, 0.1) is 0 Å². The first-order valence-corrected chi connectivity index (χ1v) is 10.1. The van der Waals surface area contributed by atoms with Gasteiger partial charge in [0.25, 0.3) is 0 Å². The fraction of sp³-hybridized carbons (Fsp3) is 0.174. The largest absolute Gasteiger partial charge is 0.362 e. The molecule has 3 aromatic rings. The van der Waals surface area contributed by atoms with Gasteiger partial charge >= 0.3 is 11.8 Å². The Kier molecular flexibility index (Phi) is 5.95. The van der Waals surface area contributed by atoms with Crippen molar-refractivity contribution in [1.82, 2.24) is 10.3 Å². The van der Waals surface area contributed by atoms with E-state index in [1.165, 1.54) is 5.56 Å². The Morgan fingerprint density at radius 3 is 2.63 bits per heavy atom.